The third kappa shape index (κ3) is 6.92. The van der Waals surface area contributed by atoms with E-state index in [0.29, 0.717) is 30.1 Å². The Kier molecular flexibility index (Phi) is 9.23. The third-order valence-electron chi connectivity index (χ3n) is 6.24. The molecule has 0 aliphatic carbocycles. The van der Waals surface area contributed by atoms with Crippen molar-refractivity contribution in [3.63, 3.8) is 0 Å². The van der Waals surface area contributed by atoms with E-state index in [1.165, 1.54) is 11.0 Å². The quantitative estimate of drug-likeness (QED) is 0.261. The summed E-state index contributed by atoms with van der Waals surface area (Å²) in [4.78, 5) is 33.6. The van der Waals surface area contributed by atoms with Crippen molar-refractivity contribution in [2.75, 3.05) is 33.4 Å². The number of carbonyl (C=O) groups excluding carboxylic acids is 2. The predicted molar refractivity (Wildman–Crippen MR) is 148 cm³/mol. The average molecular weight is 538 g/mol. The van der Waals surface area contributed by atoms with Gasteiger partial charge < -0.3 is 19.5 Å². The van der Waals surface area contributed by atoms with Crippen LogP contribution in [0.5, 0.6) is 0 Å². The van der Waals surface area contributed by atoms with E-state index >= 15 is 0 Å². The molecule has 4 aromatic rings. The van der Waals surface area contributed by atoms with E-state index < -0.39 is 0 Å². The van der Waals surface area contributed by atoms with Crippen LogP contribution in [0, 0.1) is 0 Å². The van der Waals surface area contributed by atoms with Crippen LogP contribution in [0.3, 0.4) is 0 Å². The van der Waals surface area contributed by atoms with Crippen LogP contribution in [-0.2, 0) is 22.5 Å². The first-order chi connectivity index (χ1) is 18.0. The molecule has 0 aliphatic heterocycles. The Morgan fingerprint density at radius 3 is 2.43 bits per heavy atom. The molecule has 37 heavy (non-hydrogen) atoms. The highest BCUT2D eigenvalue weighted by atomic mass is 35.5. The summed E-state index contributed by atoms with van der Waals surface area (Å²) in [5.41, 5.74) is 3.52. The predicted octanol–water partition coefficient (Wildman–Crippen LogP) is 5.83. The lowest BCUT2D eigenvalue weighted by Crippen LogP contribution is -2.44. The van der Waals surface area contributed by atoms with Crippen molar-refractivity contribution in [1.82, 2.24) is 14.8 Å². The molecule has 8 heteroatoms. The fraction of sp³-hybridized carbons (Fsp3) is 0.241. The van der Waals surface area contributed by atoms with E-state index in [9.17, 15) is 9.59 Å². The number of nitrogens with zero attached hydrogens (tertiary/aromatic N) is 2. The second-order valence-corrected chi connectivity index (χ2v) is 9.60. The van der Waals surface area contributed by atoms with Gasteiger partial charge in [0.1, 0.15) is 6.54 Å². The molecular weight excluding hydrogens is 509 g/mol. The van der Waals surface area contributed by atoms with Crippen molar-refractivity contribution in [1.29, 1.82) is 0 Å². The Bertz CT molecular complexity index is 1360. The minimum absolute atomic E-state index is 0.0954. The van der Waals surface area contributed by atoms with Gasteiger partial charge in [-0.3, -0.25) is 9.59 Å². The van der Waals surface area contributed by atoms with Crippen LogP contribution in [0.2, 0.25) is 10.0 Å². The summed E-state index contributed by atoms with van der Waals surface area (Å²) < 4.78 is 5.21. The number of fused-ring (bicyclic) bond motifs is 1. The maximum Gasteiger partial charge on any atom is 0.255 e. The van der Waals surface area contributed by atoms with Gasteiger partial charge in [0.05, 0.1) is 17.2 Å². The molecule has 0 saturated heterocycles. The first-order valence-corrected chi connectivity index (χ1v) is 12.8. The number of halogens is 2. The van der Waals surface area contributed by atoms with E-state index in [1.807, 2.05) is 54.7 Å². The number of amides is 2. The third-order valence-corrected chi connectivity index (χ3v) is 6.78. The topological polar surface area (TPSA) is 65.6 Å². The zero-order valence-corrected chi connectivity index (χ0v) is 22.1. The number of aromatic nitrogens is 1. The summed E-state index contributed by atoms with van der Waals surface area (Å²) in [5.74, 6) is -0.499. The second-order valence-electron chi connectivity index (χ2n) is 8.75. The average Bonchev–Trinajstić information content (AvgIpc) is 3.32. The van der Waals surface area contributed by atoms with Crippen LogP contribution in [0.15, 0.2) is 79.0 Å². The maximum absolute atomic E-state index is 13.6. The molecule has 0 spiro atoms. The first kappa shape index (κ1) is 26.7. The lowest BCUT2D eigenvalue weighted by Gasteiger charge is -2.28. The number of rotatable bonds is 11. The number of H-pyrrole nitrogens is 1. The van der Waals surface area contributed by atoms with E-state index in [2.05, 4.69) is 11.1 Å². The van der Waals surface area contributed by atoms with Crippen molar-refractivity contribution in [2.45, 2.75) is 13.0 Å². The molecule has 0 saturated carbocycles. The minimum Gasteiger partial charge on any atom is -0.383 e. The largest absolute Gasteiger partial charge is 0.383 e. The summed E-state index contributed by atoms with van der Waals surface area (Å²) in [6.07, 6.45) is 2.67. The lowest BCUT2D eigenvalue weighted by atomic mass is 10.1. The van der Waals surface area contributed by atoms with E-state index in [1.54, 1.807) is 24.1 Å². The molecular formula is C29H29Cl2N3O3. The Morgan fingerprint density at radius 2 is 1.68 bits per heavy atom. The number of nitrogens with one attached hydrogen (secondary N) is 1. The van der Waals surface area contributed by atoms with Gasteiger partial charge in [0.2, 0.25) is 5.91 Å². The molecule has 1 heterocycles. The molecule has 0 bridgehead atoms. The smallest absolute Gasteiger partial charge is 0.255 e. The summed E-state index contributed by atoms with van der Waals surface area (Å²) in [6, 6.07) is 22.7. The van der Waals surface area contributed by atoms with Gasteiger partial charge in [0.15, 0.2) is 0 Å². The van der Waals surface area contributed by atoms with Gasteiger partial charge in [0.25, 0.3) is 5.91 Å². The summed E-state index contributed by atoms with van der Waals surface area (Å²) >= 11 is 12.3. The fourth-order valence-electron chi connectivity index (χ4n) is 4.24. The summed E-state index contributed by atoms with van der Waals surface area (Å²) in [5, 5.41) is 1.82. The Hall–Kier alpha value is -3.32. The van der Waals surface area contributed by atoms with Crippen LogP contribution in [0.1, 0.15) is 21.5 Å². The number of hydrogen-bond donors (Lipinski definition) is 1. The highest BCUT2D eigenvalue weighted by molar-refractivity contribution is 6.36. The first-order valence-electron chi connectivity index (χ1n) is 12.1. The van der Waals surface area contributed by atoms with Crippen molar-refractivity contribution >= 4 is 45.9 Å². The molecule has 192 valence electrons. The van der Waals surface area contributed by atoms with Gasteiger partial charge in [-0.1, -0.05) is 71.7 Å². The van der Waals surface area contributed by atoms with Crippen molar-refractivity contribution in [3.8, 4) is 0 Å². The Balaban J connectivity index is 1.54. The van der Waals surface area contributed by atoms with Crippen LogP contribution < -0.4 is 0 Å². The van der Waals surface area contributed by atoms with Gasteiger partial charge in [-0.05, 0) is 41.8 Å². The number of para-hydroxylation sites is 1. The molecule has 1 N–H and O–H groups in total. The number of benzene rings is 3. The minimum atomic E-state index is -0.344. The van der Waals surface area contributed by atoms with Crippen LogP contribution in [0.4, 0.5) is 0 Å². The van der Waals surface area contributed by atoms with Gasteiger partial charge in [-0.25, -0.2) is 0 Å². The zero-order valence-electron chi connectivity index (χ0n) is 20.6. The molecule has 0 radical (unpaired) electrons. The normalized spacial score (nSPS) is 11.0. The Labute approximate surface area is 226 Å². The number of ether oxygens (including phenoxy) is 1. The maximum atomic E-state index is 13.6. The van der Waals surface area contributed by atoms with E-state index in [-0.39, 0.29) is 36.5 Å². The van der Waals surface area contributed by atoms with Gasteiger partial charge in [-0.15, -0.1) is 0 Å². The molecule has 2 amide bonds. The van der Waals surface area contributed by atoms with Gasteiger partial charge in [0, 0.05) is 48.9 Å². The number of methoxy groups -OCH3 is 1. The molecule has 3 aromatic carbocycles. The number of carbonyl (C=O) groups is 2. The molecule has 0 unspecified atom stereocenters. The summed E-state index contributed by atoms with van der Waals surface area (Å²) in [6.45, 7) is 1.39. The summed E-state index contributed by atoms with van der Waals surface area (Å²) in [7, 11) is 1.56. The van der Waals surface area contributed by atoms with Crippen LogP contribution in [0.25, 0.3) is 10.9 Å². The monoisotopic (exact) mass is 537 g/mol. The molecule has 0 atom stereocenters. The van der Waals surface area contributed by atoms with Crippen molar-refractivity contribution in [3.05, 3.63) is 106 Å². The van der Waals surface area contributed by atoms with E-state index in [0.717, 1.165) is 22.0 Å². The molecule has 0 fully saturated rings. The van der Waals surface area contributed by atoms with Crippen molar-refractivity contribution in [2.24, 2.45) is 0 Å². The van der Waals surface area contributed by atoms with Gasteiger partial charge in [-0.2, -0.15) is 0 Å². The lowest BCUT2D eigenvalue weighted by molar-refractivity contribution is -0.132. The molecule has 1 aromatic heterocycles. The van der Waals surface area contributed by atoms with Crippen molar-refractivity contribution < 1.29 is 14.3 Å². The highest BCUT2D eigenvalue weighted by Crippen LogP contribution is 2.23. The Morgan fingerprint density at radius 1 is 0.919 bits per heavy atom. The number of hydrogen-bond acceptors (Lipinski definition) is 3. The molecule has 4 rings (SSSR count). The van der Waals surface area contributed by atoms with E-state index in [4.69, 9.17) is 27.9 Å². The van der Waals surface area contributed by atoms with Gasteiger partial charge >= 0.3 is 0 Å². The molecule has 0 aliphatic rings. The highest BCUT2D eigenvalue weighted by Gasteiger charge is 2.24. The van der Waals surface area contributed by atoms with Crippen LogP contribution >= 0.6 is 23.2 Å². The van der Waals surface area contributed by atoms with Crippen LogP contribution in [-0.4, -0.2) is 59.9 Å². The fourth-order valence-corrected chi connectivity index (χ4v) is 4.73. The molecule has 6 nitrogen and oxygen atoms in total. The zero-order chi connectivity index (χ0) is 26.2. The number of aromatic amines is 1. The standard InChI is InChI=1S/C29H29Cl2N3O3/c1-37-16-15-34(29(36)25-12-11-23(30)17-26(25)31)20-28(35)33(19-21-7-3-2-4-8-21)14-13-22-18-32-27-10-6-5-9-24(22)27/h2-12,17-18,32H,13-16,19-20H2,1H3. The SMILES string of the molecule is COCCN(CC(=O)N(CCc1c[nH]c2ccccc12)Cc1ccccc1)C(=O)c1ccc(Cl)cc1Cl. The second kappa shape index (κ2) is 12.8.